The second-order valence-electron chi connectivity index (χ2n) is 3.81. The molecule has 21 heavy (non-hydrogen) atoms. The molecule has 112 valence electrons. The summed E-state index contributed by atoms with van der Waals surface area (Å²) in [6.45, 7) is 2.08. The quantitative estimate of drug-likeness (QED) is 0.810. The predicted molar refractivity (Wildman–Crippen MR) is 80.8 cm³/mol. The molecule has 0 aliphatic rings. The van der Waals surface area contributed by atoms with E-state index in [-0.39, 0.29) is 24.5 Å². The van der Waals surface area contributed by atoms with Gasteiger partial charge in [0, 0.05) is 5.02 Å². The van der Waals surface area contributed by atoms with Gasteiger partial charge in [-0.15, -0.1) is 5.10 Å². The van der Waals surface area contributed by atoms with E-state index in [9.17, 15) is 4.79 Å². The summed E-state index contributed by atoms with van der Waals surface area (Å²) in [4.78, 5) is 15.6. The minimum Gasteiger partial charge on any atom is -0.483 e. The minimum absolute atomic E-state index is 0.175. The fraction of sp³-hybridized carbons (Fsp3) is 0.250. The van der Waals surface area contributed by atoms with E-state index in [1.54, 1.807) is 18.2 Å². The fourth-order valence-corrected chi connectivity index (χ4v) is 2.20. The molecule has 0 radical (unpaired) electrons. The molecule has 0 aliphatic heterocycles. The van der Waals surface area contributed by atoms with Crippen molar-refractivity contribution in [3.8, 4) is 11.8 Å². The summed E-state index contributed by atoms with van der Waals surface area (Å²) in [5.41, 5.74) is 0. The Morgan fingerprint density at radius 1 is 1.48 bits per heavy atom. The number of anilines is 1. The highest BCUT2D eigenvalue weighted by Gasteiger charge is 2.09. The lowest BCUT2D eigenvalue weighted by Gasteiger charge is -2.07. The van der Waals surface area contributed by atoms with E-state index in [2.05, 4.69) is 36.4 Å². The summed E-state index contributed by atoms with van der Waals surface area (Å²) in [5, 5.41) is 9.38. The van der Waals surface area contributed by atoms with Crippen LogP contribution >= 0.6 is 27.5 Å². The van der Waals surface area contributed by atoms with Crippen molar-refractivity contribution in [1.82, 2.24) is 15.2 Å². The van der Waals surface area contributed by atoms with Gasteiger partial charge >= 0.3 is 6.01 Å². The molecule has 2 rings (SSSR count). The van der Waals surface area contributed by atoms with Crippen LogP contribution in [0.3, 0.4) is 0 Å². The number of amides is 1. The summed E-state index contributed by atoms with van der Waals surface area (Å²) in [5.74, 6) is 0.334. The normalized spacial score (nSPS) is 10.2. The first-order valence-electron chi connectivity index (χ1n) is 6.01. The number of aromatic amines is 1. The van der Waals surface area contributed by atoms with Gasteiger partial charge < -0.3 is 9.47 Å². The SMILES string of the molecule is CCOc1n[nH]c(NC(=O)COc2ccc(Cl)cc2Br)n1. The molecule has 0 spiro atoms. The Morgan fingerprint density at radius 2 is 2.29 bits per heavy atom. The van der Waals surface area contributed by atoms with Crippen molar-refractivity contribution in [3.63, 3.8) is 0 Å². The average molecular weight is 376 g/mol. The number of rotatable bonds is 6. The van der Waals surface area contributed by atoms with Crippen molar-refractivity contribution in [1.29, 1.82) is 0 Å². The van der Waals surface area contributed by atoms with E-state index in [0.29, 0.717) is 21.9 Å². The number of benzene rings is 1. The smallest absolute Gasteiger partial charge is 0.337 e. The Labute approximate surface area is 134 Å². The molecule has 0 atom stereocenters. The van der Waals surface area contributed by atoms with Crippen LogP contribution in [0.2, 0.25) is 5.02 Å². The molecular formula is C12H12BrClN4O3. The molecule has 0 saturated heterocycles. The molecule has 1 amide bonds. The molecule has 1 heterocycles. The summed E-state index contributed by atoms with van der Waals surface area (Å²) < 4.78 is 11.1. The number of nitrogens with zero attached hydrogens (tertiary/aromatic N) is 2. The lowest BCUT2D eigenvalue weighted by molar-refractivity contribution is -0.118. The monoisotopic (exact) mass is 374 g/mol. The van der Waals surface area contributed by atoms with E-state index < -0.39 is 0 Å². The number of aromatic nitrogens is 3. The average Bonchev–Trinajstić information content (AvgIpc) is 2.85. The van der Waals surface area contributed by atoms with Gasteiger partial charge in [0.25, 0.3) is 5.91 Å². The van der Waals surface area contributed by atoms with Crippen LogP contribution in [0.15, 0.2) is 22.7 Å². The molecule has 0 unspecified atom stereocenters. The van der Waals surface area contributed by atoms with Crippen LogP contribution in [0.5, 0.6) is 11.8 Å². The Kier molecular flexibility index (Phi) is 5.40. The van der Waals surface area contributed by atoms with Crippen molar-refractivity contribution in [3.05, 3.63) is 27.7 Å². The number of hydrogen-bond donors (Lipinski definition) is 2. The molecule has 7 nitrogen and oxygen atoms in total. The van der Waals surface area contributed by atoms with Crippen molar-refractivity contribution in [2.45, 2.75) is 6.92 Å². The molecule has 0 aliphatic carbocycles. The van der Waals surface area contributed by atoms with Crippen LogP contribution in [0, 0.1) is 0 Å². The van der Waals surface area contributed by atoms with Crippen molar-refractivity contribution in [2.24, 2.45) is 0 Å². The Morgan fingerprint density at radius 3 is 3.00 bits per heavy atom. The molecule has 0 saturated carbocycles. The highest BCUT2D eigenvalue weighted by atomic mass is 79.9. The van der Waals surface area contributed by atoms with Gasteiger partial charge in [-0.2, -0.15) is 4.98 Å². The molecule has 0 bridgehead atoms. The summed E-state index contributed by atoms with van der Waals surface area (Å²) in [7, 11) is 0. The summed E-state index contributed by atoms with van der Waals surface area (Å²) >= 11 is 9.12. The van der Waals surface area contributed by atoms with Gasteiger partial charge in [0.2, 0.25) is 5.95 Å². The van der Waals surface area contributed by atoms with Crippen LogP contribution < -0.4 is 14.8 Å². The van der Waals surface area contributed by atoms with E-state index in [1.807, 2.05) is 6.92 Å². The second kappa shape index (κ2) is 7.28. The third kappa shape index (κ3) is 4.61. The molecular weight excluding hydrogens is 364 g/mol. The van der Waals surface area contributed by atoms with Crippen molar-refractivity contribution >= 4 is 39.4 Å². The fourth-order valence-electron chi connectivity index (χ4n) is 1.40. The number of ether oxygens (including phenoxy) is 2. The number of hydrogen-bond acceptors (Lipinski definition) is 5. The van der Waals surface area contributed by atoms with Gasteiger partial charge in [-0.05, 0) is 41.1 Å². The van der Waals surface area contributed by atoms with Gasteiger partial charge in [0.15, 0.2) is 6.61 Å². The number of carbonyl (C=O) groups excluding carboxylic acids is 1. The van der Waals surface area contributed by atoms with Gasteiger partial charge in [-0.25, -0.2) is 5.10 Å². The molecule has 2 N–H and O–H groups in total. The first-order chi connectivity index (χ1) is 10.1. The van der Waals surface area contributed by atoms with E-state index in [1.165, 1.54) is 0 Å². The molecule has 2 aromatic rings. The van der Waals surface area contributed by atoms with E-state index in [4.69, 9.17) is 21.1 Å². The summed E-state index contributed by atoms with van der Waals surface area (Å²) in [6.07, 6.45) is 0. The van der Waals surface area contributed by atoms with Crippen molar-refractivity contribution < 1.29 is 14.3 Å². The first kappa shape index (κ1) is 15.6. The highest BCUT2D eigenvalue weighted by molar-refractivity contribution is 9.10. The van der Waals surface area contributed by atoms with Crippen LogP contribution in [0.1, 0.15) is 6.92 Å². The van der Waals surface area contributed by atoms with Crippen LogP contribution in [0.25, 0.3) is 0 Å². The van der Waals surface area contributed by atoms with E-state index >= 15 is 0 Å². The number of carbonyl (C=O) groups is 1. The maximum atomic E-state index is 11.7. The van der Waals surface area contributed by atoms with Gasteiger partial charge in [-0.1, -0.05) is 11.6 Å². The Bertz CT molecular complexity index is 635. The minimum atomic E-state index is -0.379. The predicted octanol–water partition coefficient (Wildman–Crippen LogP) is 2.64. The standard InChI is InChI=1S/C12H12BrClN4O3/c1-2-20-12-16-11(17-18-12)15-10(19)6-21-9-4-3-7(14)5-8(9)13/h3-5H,2,6H2,1H3,(H2,15,16,17,18,19). The zero-order chi connectivity index (χ0) is 15.2. The van der Waals surface area contributed by atoms with Crippen LogP contribution in [-0.2, 0) is 4.79 Å². The third-order valence-electron chi connectivity index (χ3n) is 2.25. The van der Waals surface area contributed by atoms with Gasteiger partial charge in [0.05, 0.1) is 11.1 Å². The van der Waals surface area contributed by atoms with Crippen LogP contribution in [0.4, 0.5) is 5.95 Å². The van der Waals surface area contributed by atoms with Crippen molar-refractivity contribution in [2.75, 3.05) is 18.5 Å². The number of nitrogens with one attached hydrogen (secondary N) is 2. The van der Waals surface area contributed by atoms with Crippen LogP contribution in [-0.4, -0.2) is 34.3 Å². The maximum Gasteiger partial charge on any atom is 0.337 e. The zero-order valence-electron chi connectivity index (χ0n) is 11.0. The number of halogens is 2. The van der Waals surface area contributed by atoms with Gasteiger partial charge in [0.1, 0.15) is 5.75 Å². The summed E-state index contributed by atoms with van der Waals surface area (Å²) in [6, 6.07) is 5.19. The Hall–Kier alpha value is -1.80. The highest BCUT2D eigenvalue weighted by Crippen LogP contribution is 2.27. The van der Waals surface area contributed by atoms with E-state index in [0.717, 1.165) is 0 Å². The maximum absolute atomic E-state index is 11.7. The van der Waals surface area contributed by atoms with Gasteiger partial charge in [-0.3, -0.25) is 10.1 Å². The molecule has 1 aromatic carbocycles. The first-order valence-corrected chi connectivity index (χ1v) is 7.18. The second-order valence-corrected chi connectivity index (χ2v) is 5.10. The number of H-pyrrole nitrogens is 1. The molecule has 9 heteroatoms. The zero-order valence-corrected chi connectivity index (χ0v) is 13.4. The lowest BCUT2D eigenvalue weighted by atomic mass is 10.3. The topological polar surface area (TPSA) is 89.1 Å². The molecule has 0 fully saturated rings. The third-order valence-corrected chi connectivity index (χ3v) is 3.10. The Balaban J connectivity index is 1.86. The lowest BCUT2D eigenvalue weighted by Crippen LogP contribution is -2.21. The largest absolute Gasteiger partial charge is 0.483 e. The molecule has 1 aromatic heterocycles.